The second-order valence-corrected chi connectivity index (χ2v) is 6.83. The molecule has 2 aliphatic carbocycles. The number of hydrogen-bond acceptors (Lipinski definition) is 2. The molecule has 1 amide bonds. The van der Waals surface area contributed by atoms with Crippen LogP contribution in [0.15, 0.2) is 24.3 Å². The summed E-state index contributed by atoms with van der Waals surface area (Å²) in [7, 11) is 1.64. The molecule has 2 bridgehead atoms. The van der Waals surface area contributed by atoms with Gasteiger partial charge in [0.05, 0.1) is 11.5 Å². The third kappa shape index (κ3) is 3.09. The average molecular weight is 326 g/mol. The third-order valence-corrected chi connectivity index (χ3v) is 5.32. The molecule has 23 heavy (non-hydrogen) atoms. The molecule has 0 aromatic heterocycles. The smallest absolute Gasteiger partial charge is 0.341 e. The molecule has 2 saturated carbocycles. The van der Waals surface area contributed by atoms with Crippen LogP contribution in [0.5, 0.6) is 0 Å². The van der Waals surface area contributed by atoms with Crippen molar-refractivity contribution in [3.05, 3.63) is 35.4 Å². The summed E-state index contributed by atoms with van der Waals surface area (Å²) < 4.78 is 38.3. The van der Waals surface area contributed by atoms with Gasteiger partial charge in [0.15, 0.2) is 0 Å². The van der Waals surface area contributed by atoms with E-state index in [1.807, 2.05) is 0 Å². The number of nitrogens with two attached hydrogens (primary N) is 1. The van der Waals surface area contributed by atoms with Gasteiger partial charge >= 0.3 is 6.18 Å². The minimum absolute atomic E-state index is 0.0397. The number of carbonyl (C=O) groups excluding carboxylic acids is 1. The van der Waals surface area contributed by atoms with Gasteiger partial charge in [-0.15, -0.1) is 0 Å². The van der Waals surface area contributed by atoms with Gasteiger partial charge in [0.25, 0.3) is 0 Å². The Morgan fingerprint density at radius 1 is 1.30 bits per heavy atom. The second kappa shape index (κ2) is 5.82. The summed E-state index contributed by atoms with van der Waals surface area (Å²) in [5.41, 5.74) is 5.97. The van der Waals surface area contributed by atoms with Crippen LogP contribution < -0.4 is 5.73 Å². The first-order valence-corrected chi connectivity index (χ1v) is 7.94. The van der Waals surface area contributed by atoms with Crippen LogP contribution in [0.25, 0.3) is 0 Å². The van der Waals surface area contributed by atoms with E-state index in [1.54, 1.807) is 13.1 Å². The van der Waals surface area contributed by atoms with Gasteiger partial charge in [0.1, 0.15) is 0 Å². The number of nitrogens with zero attached hydrogens (tertiary/aromatic N) is 1. The molecular formula is C17H21F3N2O. The first kappa shape index (κ1) is 16.3. The maximum Gasteiger partial charge on any atom is 0.416 e. The van der Waals surface area contributed by atoms with Gasteiger partial charge in [-0.1, -0.05) is 12.1 Å². The fourth-order valence-corrected chi connectivity index (χ4v) is 4.15. The zero-order chi connectivity index (χ0) is 16.8. The second-order valence-electron chi connectivity index (χ2n) is 6.83. The molecule has 4 atom stereocenters. The molecule has 2 aliphatic rings. The number of alkyl halides is 3. The number of fused-ring (bicyclic) bond motifs is 2. The largest absolute Gasteiger partial charge is 0.416 e. The van der Waals surface area contributed by atoms with E-state index in [2.05, 4.69) is 0 Å². The molecule has 2 fully saturated rings. The lowest BCUT2D eigenvalue weighted by molar-refractivity contribution is -0.137. The normalized spacial score (nSPS) is 29.8. The van der Waals surface area contributed by atoms with Crippen molar-refractivity contribution in [2.45, 2.75) is 38.0 Å². The molecule has 3 rings (SSSR count). The van der Waals surface area contributed by atoms with E-state index in [0.717, 1.165) is 31.4 Å². The summed E-state index contributed by atoms with van der Waals surface area (Å²) >= 11 is 0. The van der Waals surface area contributed by atoms with Gasteiger partial charge in [0.2, 0.25) is 5.91 Å². The van der Waals surface area contributed by atoms with Crippen LogP contribution >= 0.6 is 0 Å². The summed E-state index contributed by atoms with van der Waals surface area (Å²) in [6, 6.07) is 5.02. The Labute approximate surface area is 133 Å². The number of benzene rings is 1. The molecule has 4 unspecified atom stereocenters. The number of carbonyl (C=O) groups is 1. The van der Waals surface area contributed by atoms with Gasteiger partial charge < -0.3 is 10.6 Å². The minimum atomic E-state index is -4.37. The lowest BCUT2D eigenvalue weighted by Crippen LogP contribution is -2.45. The van der Waals surface area contributed by atoms with Crippen LogP contribution in [0.3, 0.4) is 0 Å². The molecule has 2 N–H and O–H groups in total. The van der Waals surface area contributed by atoms with Gasteiger partial charge in [-0.2, -0.15) is 13.2 Å². The van der Waals surface area contributed by atoms with Crippen LogP contribution in [0.1, 0.15) is 30.4 Å². The maximum absolute atomic E-state index is 12.8. The zero-order valence-electron chi connectivity index (χ0n) is 13.0. The van der Waals surface area contributed by atoms with Crippen LogP contribution in [-0.4, -0.2) is 23.9 Å². The van der Waals surface area contributed by atoms with Gasteiger partial charge in [-0.05, 0) is 48.8 Å². The number of amides is 1. The summed E-state index contributed by atoms with van der Waals surface area (Å²) in [6.07, 6.45) is -1.24. The highest BCUT2D eigenvalue weighted by molar-refractivity contribution is 5.80. The quantitative estimate of drug-likeness (QED) is 0.928. The van der Waals surface area contributed by atoms with Crippen molar-refractivity contribution >= 4 is 5.91 Å². The van der Waals surface area contributed by atoms with E-state index in [4.69, 9.17) is 5.73 Å². The Kier molecular flexibility index (Phi) is 4.12. The monoisotopic (exact) mass is 326 g/mol. The molecule has 0 radical (unpaired) electrons. The fourth-order valence-electron chi connectivity index (χ4n) is 4.15. The predicted molar refractivity (Wildman–Crippen MR) is 80.2 cm³/mol. The van der Waals surface area contributed by atoms with Crippen molar-refractivity contribution < 1.29 is 18.0 Å². The number of halogens is 3. The molecule has 126 valence electrons. The highest BCUT2D eigenvalue weighted by Crippen LogP contribution is 2.48. The summed E-state index contributed by atoms with van der Waals surface area (Å²) in [5, 5.41) is 0. The molecule has 0 heterocycles. The minimum Gasteiger partial charge on any atom is -0.341 e. The summed E-state index contributed by atoms with van der Waals surface area (Å²) in [5.74, 6) is 0.550. The molecule has 1 aromatic rings. The van der Waals surface area contributed by atoms with E-state index < -0.39 is 11.7 Å². The van der Waals surface area contributed by atoms with Crippen molar-refractivity contribution in [2.24, 2.45) is 23.5 Å². The Hall–Kier alpha value is -1.56. The first-order valence-electron chi connectivity index (χ1n) is 7.94. The highest BCUT2D eigenvalue weighted by atomic mass is 19.4. The zero-order valence-corrected chi connectivity index (χ0v) is 13.0. The Morgan fingerprint density at radius 3 is 2.61 bits per heavy atom. The van der Waals surface area contributed by atoms with E-state index in [1.165, 1.54) is 11.0 Å². The average Bonchev–Trinajstić information content (AvgIpc) is 3.07. The fraction of sp³-hybridized carbons (Fsp3) is 0.588. The number of hydrogen-bond donors (Lipinski definition) is 1. The van der Waals surface area contributed by atoms with Crippen LogP contribution in [0, 0.1) is 17.8 Å². The molecule has 0 aliphatic heterocycles. The molecule has 6 heteroatoms. The molecule has 0 spiro atoms. The van der Waals surface area contributed by atoms with Crippen LogP contribution in [0.4, 0.5) is 13.2 Å². The van der Waals surface area contributed by atoms with Crippen LogP contribution in [-0.2, 0) is 17.5 Å². The van der Waals surface area contributed by atoms with Crippen LogP contribution in [0.2, 0.25) is 0 Å². The van der Waals surface area contributed by atoms with Gasteiger partial charge in [-0.3, -0.25) is 4.79 Å². The Balaban J connectivity index is 1.70. The van der Waals surface area contributed by atoms with Crippen molar-refractivity contribution in [1.29, 1.82) is 0 Å². The molecule has 1 aromatic carbocycles. The maximum atomic E-state index is 12.8. The Bertz CT molecular complexity index is 600. The molecule has 0 saturated heterocycles. The first-order chi connectivity index (χ1) is 10.8. The van der Waals surface area contributed by atoms with E-state index in [9.17, 15) is 18.0 Å². The van der Waals surface area contributed by atoms with Gasteiger partial charge in [-0.25, -0.2) is 0 Å². The lowest BCUT2D eigenvalue weighted by atomic mass is 9.84. The molecule has 3 nitrogen and oxygen atoms in total. The summed E-state index contributed by atoms with van der Waals surface area (Å²) in [6.45, 7) is 0.170. The lowest BCUT2D eigenvalue weighted by Gasteiger charge is -2.31. The topological polar surface area (TPSA) is 46.3 Å². The molecular weight excluding hydrogens is 305 g/mol. The van der Waals surface area contributed by atoms with Crippen molar-refractivity contribution in [1.82, 2.24) is 4.90 Å². The van der Waals surface area contributed by atoms with Crippen molar-refractivity contribution in [3.8, 4) is 0 Å². The predicted octanol–water partition coefficient (Wildman–Crippen LogP) is 3.04. The standard InChI is InChI=1S/C17H21F3N2O/c1-22(9-10-3-2-4-13(7-10)17(18,19)20)16(23)14-11-5-6-12(8-11)15(14)21/h2-4,7,11-12,14-15H,5-6,8-9,21H2,1H3. The van der Waals surface area contributed by atoms with E-state index in [-0.39, 0.29) is 24.4 Å². The van der Waals surface area contributed by atoms with E-state index in [0.29, 0.717) is 17.4 Å². The highest BCUT2D eigenvalue weighted by Gasteiger charge is 2.49. The third-order valence-electron chi connectivity index (χ3n) is 5.32. The van der Waals surface area contributed by atoms with Crippen molar-refractivity contribution in [3.63, 3.8) is 0 Å². The van der Waals surface area contributed by atoms with Gasteiger partial charge in [0, 0.05) is 19.6 Å². The SMILES string of the molecule is CN(Cc1cccc(C(F)(F)F)c1)C(=O)C1C2CCC(C2)C1N. The Morgan fingerprint density at radius 2 is 2.00 bits per heavy atom. The van der Waals surface area contributed by atoms with E-state index >= 15 is 0 Å². The summed E-state index contributed by atoms with van der Waals surface area (Å²) in [4.78, 5) is 14.2. The van der Waals surface area contributed by atoms with Crippen molar-refractivity contribution in [2.75, 3.05) is 7.05 Å². The number of rotatable bonds is 3.